The summed E-state index contributed by atoms with van der Waals surface area (Å²) in [4.78, 5) is 8.26. The lowest BCUT2D eigenvalue weighted by Crippen LogP contribution is -2.51. The van der Waals surface area contributed by atoms with Gasteiger partial charge in [-0.15, -0.1) is 0 Å². The van der Waals surface area contributed by atoms with Crippen LogP contribution in [0.4, 0.5) is 11.6 Å². The Morgan fingerprint density at radius 3 is 2.86 bits per heavy atom. The normalized spacial score (nSPS) is 16.1. The molecule has 76 valence electrons. The topological polar surface area (TPSA) is 61.9 Å². The number of rotatable bonds is 4. The van der Waals surface area contributed by atoms with Gasteiger partial charge in [-0.3, -0.25) is 0 Å². The average Bonchev–Trinajstić information content (AvgIpc) is 2.13. The summed E-state index contributed by atoms with van der Waals surface area (Å²) in [5.74, 6) is 1.76. The van der Waals surface area contributed by atoms with Gasteiger partial charge in [0.05, 0.1) is 6.04 Å². The minimum atomic E-state index is 0.513. The Morgan fingerprint density at radius 1 is 1.43 bits per heavy atom. The van der Waals surface area contributed by atoms with Crippen molar-refractivity contribution < 1.29 is 0 Å². The molecular weight excluding hydrogens is 178 g/mol. The first-order chi connectivity index (χ1) is 6.88. The number of aromatic nitrogens is 2. The van der Waals surface area contributed by atoms with E-state index in [0.29, 0.717) is 6.04 Å². The number of nitrogens with zero attached hydrogens (tertiary/aromatic N) is 2. The van der Waals surface area contributed by atoms with E-state index in [1.807, 2.05) is 13.0 Å². The van der Waals surface area contributed by atoms with Crippen molar-refractivity contribution in [2.24, 2.45) is 0 Å². The van der Waals surface area contributed by atoms with Gasteiger partial charge in [0, 0.05) is 25.7 Å². The van der Waals surface area contributed by atoms with Crippen LogP contribution in [-0.4, -0.2) is 35.6 Å². The van der Waals surface area contributed by atoms with Crippen molar-refractivity contribution in [3.63, 3.8) is 0 Å². The number of anilines is 2. The summed E-state index contributed by atoms with van der Waals surface area (Å²) in [5.41, 5.74) is 0. The second-order valence-electron chi connectivity index (χ2n) is 3.32. The van der Waals surface area contributed by atoms with Crippen molar-refractivity contribution in [2.45, 2.75) is 13.0 Å². The molecule has 0 radical (unpaired) electrons. The Morgan fingerprint density at radius 2 is 2.21 bits per heavy atom. The third kappa shape index (κ3) is 2.11. The van der Waals surface area contributed by atoms with Crippen LogP contribution in [0.3, 0.4) is 0 Å². The molecule has 0 spiro atoms. The van der Waals surface area contributed by atoms with E-state index in [2.05, 4.69) is 25.9 Å². The molecule has 2 heterocycles. The molecule has 3 N–H and O–H groups in total. The Hall–Kier alpha value is -1.36. The molecule has 1 aromatic heterocycles. The highest BCUT2D eigenvalue weighted by Crippen LogP contribution is 2.10. The predicted octanol–water partition coefficient (Wildman–Crippen LogP) is 0.292. The summed E-state index contributed by atoms with van der Waals surface area (Å²) in [6.07, 6.45) is 1.58. The lowest BCUT2D eigenvalue weighted by atomic mass is 10.2. The zero-order chi connectivity index (χ0) is 9.80. The van der Waals surface area contributed by atoms with E-state index in [-0.39, 0.29) is 0 Å². The second kappa shape index (κ2) is 4.23. The molecule has 2 rings (SSSR count). The minimum Gasteiger partial charge on any atom is -0.370 e. The van der Waals surface area contributed by atoms with Gasteiger partial charge in [0.2, 0.25) is 0 Å². The molecule has 0 bridgehead atoms. The van der Waals surface area contributed by atoms with Crippen LogP contribution >= 0.6 is 0 Å². The summed E-state index contributed by atoms with van der Waals surface area (Å²) in [5, 5.41) is 9.67. The summed E-state index contributed by atoms with van der Waals surface area (Å²) in [7, 11) is 0. The second-order valence-corrected chi connectivity index (χ2v) is 3.32. The summed E-state index contributed by atoms with van der Waals surface area (Å²) in [6.45, 7) is 4.95. The quantitative estimate of drug-likeness (QED) is 0.641. The van der Waals surface area contributed by atoms with Crippen LogP contribution in [-0.2, 0) is 0 Å². The fourth-order valence-corrected chi connectivity index (χ4v) is 1.31. The van der Waals surface area contributed by atoms with Gasteiger partial charge in [-0.05, 0) is 6.92 Å². The van der Waals surface area contributed by atoms with Gasteiger partial charge in [-0.1, -0.05) is 0 Å². The highest BCUT2D eigenvalue weighted by molar-refractivity contribution is 5.47. The van der Waals surface area contributed by atoms with Crippen LogP contribution in [0.1, 0.15) is 6.92 Å². The maximum absolute atomic E-state index is 4.15. The van der Waals surface area contributed by atoms with E-state index in [1.165, 1.54) is 0 Å². The van der Waals surface area contributed by atoms with Crippen LogP contribution in [0.2, 0.25) is 0 Å². The molecule has 0 aliphatic carbocycles. The Bertz CT molecular complexity index is 297. The fourth-order valence-electron chi connectivity index (χ4n) is 1.31. The zero-order valence-electron chi connectivity index (χ0n) is 8.25. The molecule has 0 unspecified atom stereocenters. The molecule has 1 aliphatic rings. The van der Waals surface area contributed by atoms with Crippen molar-refractivity contribution in [3.05, 3.63) is 12.4 Å². The first-order valence-electron chi connectivity index (χ1n) is 4.91. The molecule has 1 aliphatic heterocycles. The van der Waals surface area contributed by atoms with Crippen LogP contribution in [0.15, 0.2) is 12.4 Å². The highest BCUT2D eigenvalue weighted by Gasteiger charge is 2.16. The molecule has 1 aromatic rings. The van der Waals surface area contributed by atoms with E-state index >= 15 is 0 Å². The zero-order valence-corrected chi connectivity index (χ0v) is 8.25. The Balaban J connectivity index is 1.97. The van der Waals surface area contributed by atoms with Crippen LogP contribution in [0, 0.1) is 0 Å². The van der Waals surface area contributed by atoms with E-state index in [1.54, 1.807) is 6.33 Å². The maximum atomic E-state index is 4.15. The highest BCUT2D eigenvalue weighted by atomic mass is 15.1. The minimum absolute atomic E-state index is 0.513. The van der Waals surface area contributed by atoms with Crippen LogP contribution in [0.5, 0.6) is 0 Å². The summed E-state index contributed by atoms with van der Waals surface area (Å²) < 4.78 is 0. The number of hydrogen-bond acceptors (Lipinski definition) is 5. The van der Waals surface area contributed by atoms with Gasteiger partial charge in [-0.2, -0.15) is 0 Å². The van der Waals surface area contributed by atoms with Crippen LogP contribution in [0.25, 0.3) is 0 Å². The smallest absolute Gasteiger partial charge is 0.131 e. The third-order valence-corrected chi connectivity index (χ3v) is 2.16. The Labute approximate surface area is 83.3 Å². The average molecular weight is 193 g/mol. The van der Waals surface area contributed by atoms with Gasteiger partial charge >= 0.3 is 0 Å². The molecule has 14 heavy (non-hydrogen) atoms. The number of hydrogen-bond donors (Lipinski definition) is 3. The van der Waals surface area contributed by atoms with E-state index in [4.69, 9.17) is 0 Å². The molecule has 0 saturated carbocycles. The van der Waals surface area contributed by atoms with Crippen molar-refractivity contribution >= 4 is 11.6 Å². The van der Waals surface area contributed by atoms with E-state index < -0.39 is 0 Å². The molecule has 1 fully saturated rings. The Kier molecular flexibility index (Phi) is 2.78. The molecule has 1 saturated heterocycles. The van der Waals surface area contributed by atoms with Crippen molar-refractivity contribution in [1.82, 2.24) is 15.3 Å². The monoisotopic (exact) mass is 193 g/mol. The van der Waals surface area contributed by atoms with Gasteiger partial charge in [0.15, 0.2) is 0 Å². The van der Waals surface area contributed by atoms with Gasteiger partial charge < -0.3 is 16.0 Å². The SMILES string of the molecule is CCNc1cc(NC2CNC2)ncn1. The fraction of sp³-hybridized carbons (Fsp3) is 0.556. The van der Waals surface area contributed by atoms with Gasteiger partial charge in [0.1, 0.15) is 18.0 Å². The first-order valence-corrected chi connectivity index (χ1v) is 4.91. The molecule has 0 amide bonds. The summed E-state index contributed by atoms with van der Waals surface area (Å²) >= 11 is 0. The van der Waals surface area contributed by atoms with E-state index in [9.17, 15) is 0 Å². The molecular formula is C9H15N5. The lowest BCUT2D eigenvalue weighted by Gasteiger charge is -2.28. The largest absolute Gasteiger partial charge is 0.370 e. The molecule has 5 heteroatoms. The number of nitrogens with one attached hydrogen (secondary N) is 3. The maximum Gasteiger partial charge on any atom is 0.131 e. The van der Waals surface area contributed by atoms with Crippen molar-refractivity contribution in [2.75, 3.05) is 30.3 Å². The molecule has 0 atom stereocenters. The summed E-state index contributed by atoms with van der Waals surface area (Å²) in [6, 6.07) is 2.45. The molecule has 5 nitrogen and oxygen atoms in total. The predicted molar refractivity (Wildman–Crippen MR) is 56.5 cm³/mol. The van der Waals surface area contributed by atoms with Gasteiger partial charge in [0.25, 0.3) is 0 Å². The molecule has 0 aromatic carbocycles. The first kappa shape index (κ1) is 9.21. The van der Waals surface area contributed by atoms with E-state index in [0.717, 1.165) is 31.3 Å². The van der Waals surface area contributed by atoms with Gasteiger partial charge in [-0.25, -0.2) is 9.97 Å². The third-order valence-electron chi connectivity index (χ3n) is 2.16. The lowest BCUT2D eigenvalue weighted by molar-refractivity contribution is 0.471. The van der Waals surface area contributed by atoms with Crippen molar-refractivity contribution in [3.8, 4) is 0 Å². The van der Waals surface area contributed by atoms with Crippen molar-refractivity contribution in [1.29, 1.82) is 0 Å². The van der Waals surface area contributed by atoms with Crippen LogP contribution < -0.4 is 16.0 Å². The standard InChI is InChI=1S/C9H15N5/c1-2-11-8-3-9(13-6-12-8)14-7-4-10-5-7/h3,6-7,10H,2,4-5H2,1H3,(H2,11,12,13,14).